The number of aryl methyl sites for hydroxylation is 1. The topological polar surface area (TPSA) is 96.7 Å². The van der Waals surface area contributed by atoms with E-state index in [1.807, 2.05) is 53.2 Å². The maximum Gasteiger partial charge on any atom is 0.257 e. The third-order valence-electron chi connectivity index (χ3n) is 6.64. The number of H-pyrrole nitrogens is 1. The fourth-order valence-corrected chi connectivity index (χ4v) is 4.75. The summed E-state index contributed by atoms with van der Waals surface area (Å²) in [5, 5.41) is 13.9. The highest BCUT2D eigenvalue weighted by molar-refractivity contribution is 6.07. The van der Waals surface area contributed by atoms with Crippen LogP contribution in [0.25, 0.3) is 33.1 Å². The lowest BCUT2D eigenvalue weighted by Gasteiger charge is -2.28. The van der Waals surface area contributed by atoms with Crippen molar-refractivity contribution in [2.24, 2.45) is 7.05 Å². The van der Waals surface area contributed by atoms with Crippen LogP contribution in [0.3, 0.4) is 0 Å². The maximum atomic E-state index is 13.0. The zero-order chi connectivity index (χ0) is 23.2. The highest BCUT2D eigenvalue weighted by Crippen LogP contribution is 2.30. The third kappa shape index (κ3) is 3.73. The van der Waals surface area contributed by atoms with Gasteiger partial charge in [-0.3, -0.25) is 14.2 Å². The molecule has 34 heavy (non-hydrogen) atoms. The Bertz CT molecular complexity index is 1500. The molecular formula is C25H26N8O. The van der Waals surface area contributed by atoms with Gasteiger partial charge in [-0.25, -0.2) is 4.98 Å². The lowest BCUT2D eigenvalue weighted by Crippen LogP contribution is -2.31. The number of nitrogens with zero attached hydrogens (tertiary/aromatic N) is 6. The van der Waals surface area contributed by atoms with Gasteiger partial charge in [0, 0.05) is 48.2 Å². The van der Waals surface area contributed by atoms with Gasteiger partial charge >= 0.3 is 0 Å². The van der Waals surface area contributed by atoms with E-state index in [4.69, 9.17) is 0 Å². The number of pyridine rings is 1. The van der Waals surface area contributed by atoms with Gasteiger partial charge in [-0.2, -0.15) is 10.2 Å². The molecule has 1 aliphatic rings. The van der Waals surface area contributed by atoms with Crippen LogP contribution in [0.1, 0.15) is 29.2 Å². The Morgan fingerprint density at radius 1 is 1.12 bits per heavy atom. The number of fused-ring (bicyclic) bond motifs is 2. The quantitative estimate of drug-likeness (QED) is 0.430. The molecule has 1 aromatic carbocycles. The number of rotatable bonds is 4. The summed E-state index contributed by atoms with van der Waals surface area (Å²) in [6.45, 7) is 2.12. The Labute approximate surface area is 196 Å². The van der Waals surface area contributed by atoms with Crippen molar-refractivity contribution in [3.8, 4) is 11.1 Å². The normalized spacial score (nSPS) is 15.4. The molecule has 6 rings (SSSR count). The minimum atomic E-state index is -0.202. The van der Waals surface area contributed by atoms with Crippen LogP contribution in [-0.4, -0.2) is 60.5 Å². The highest BCUT2D eigenvalue weighted by Gasteiger charge is 2.20. The van der Waals surface area contributed by atoms with E-state index in [1.165, 1.54) is 0 Å². The second-order valence-electron chi connectivity index (χ2n) is 9.10. The van der Waals surface area contributed by atoms with Gasteiger partial charge < -0.3 is 15.2 Å². The van der Waals surface area contributed by atoms with Crippen LogP contribution in [0.4, 0.5) is 5.69 Å². The predicted octanol–water partition coefficient (Wildman–Crippen LogP) is 3.83. The lowest BCUT2D eigenvalue weighted by molar-refractivity contribution is 0.102. The molecule has 1 amide bonds. The molecule has 172 valence electrons. The van der Waals surface area contributed by atoms with E-state index < -0.39 is 0 Å². The van der Waals surface area contributed by atoms with Crippen molar-refractivity contribution in [2.75, 3.05) is 25.5 Å². The molecular weight excluding hydrogens is 428 g/mol. The molecule has 9 heteroatoms. The Kier molecular flexibility index (Phi) is 4.91. The molecule has 2 N–H and O–H groups in total. The Hall–Kier alpha value is -3.98. The van der Waals surface area contributed by atoms with Crippen LogP contribution >= 0.6 is 0 Å². The number of carbonyl (C=O) groups is 1. The Balaban J connectivity index is 1.25. The third-order valence-corrected chi connectivity index (χ3v) is 6.64. The summed E-state index contributed by atoms with van der Waals surface area (Å²) in [7, 11) is 4.06. The summed E-state index contributed by atoms with van der Waals surface area (Å²) in [5.74, 6) is -0.202. The number of hydrogen-bond acceptors (Lipinski definition) is 5. The highest BCUT2D eigenvalue weighted by atomic mass is 16.1. The SMILES string of the molecule is CN1CCC(n2cc(NC(=O)c3cnc4[nH]cc(-c5ccc6nn(C)cc6c5)c4c3)cn2)CC1. The number of piperidine rings is 1. The van der Waals surface area contributed by atoms with Gasteiger partial charge in [0.25, 0.3) is 5.91 Å². The first kappa shape index (κ1) is 20.6. The van der Waals surface area contributed by atoms with Crippen molar-refractivity contribution in [1.29, 1.82) is 0 Å². The number of aromatic amines is 1. The lowest BCUT2D eigenvalue weighted by atomic mass is 10.0. The molecule has 0 spiro atoms. The Morgan fingerprint density at radius 3 is 2.82 bits per heavy atom. The van der Waals surface area contributed by atoms with Crippen LogP contribution in [0, 0.1) is 0 Å². The first-order valence-electron chi connectivity index (χ1n) is 11.5. The van der Waals surface area contributed by atoms with Crippen molar-refractivity contribution in [3.63, 3.8) is 0 Å². The molecule has 1 fully saturated rings. The summed E-state index contributed by atoms with van der Waals surface area (Å²) in [4.78, 5) is 23.0. The van der Waals surface area contributed by atoms with Gasteiger partial charge in [0.05, 0.1) is 29.0 Å². The minimum Gasteiger partial charge on any atom is -0.346 e. The second kappa shape index (κ2) is 8.11. The van der Waals surface area contributed by atoms with Gasteiger partial charge in [0.2, 0.25) is 0 Å². The van der Waals surface area contributed by atoms with E-state index in [0.29, 0.717) is 17.3 Å². The number of amides is 1. The molecule has 0 atom stereocenters. The molecule has 1 aliphatic heterocycles. The van der Waals surface area contributed by atoms with Gasteiger partial charge in [0.15, 0.2) is 0 Å². The summed E-state index contributed by atoms with van der Waals surface area (Å²) >= 11 is 0. The van der Waals surface area contributed by atoms with Gasteiger partial charge in [-0.1, -0.05) is 6.07 Å². The molecule has 0 saturated carbocycles. The van der Waals surface area contributed by atoms with Crippen LogP contribution in [0.2, 0.25) is 0 Å². The van der Waals surface area contributed by atoms with E-state index in [0.717, 1.165) is 59.0 Å². The monoisotopic (exact) mass is 454 g/mol. The predicted molar refractivity (Wildman–Crippen MR) is 132 cm³/mol. The van der Waals surface area contributed by atoms with Gasteiger partial charge in [0.1, 0.15) is 5.65 Å². The van der Waals surface area contributed by atoms with E-state index in [9.17, 15) is 4.79 Å². The number of carbonyl (C=O) groups excluding carboxylic acids is 1. The zero-order valence-electron chi connectivity index (χ0n) is 19.2. The molecule has 9 nitrogen and oxygen atoms in total. The van der Waals surface area contributed by atoms with Gasteiger partial charge in [-0.15, -0.1) is 0 Å². The molecule has 4 aromatic heterocycles. The van der Waals surface area contributed by atoms with Gasteiger partial charge in [-0.05, 0) is 56.7 Å². The molecule has 5 heterocycles. The van der Waals surface area contributed by atoms with Crippen LogP contribution in [0.5, 0.6) is 0 Å². The van der Waals surface area contributed by atoms with Crippen molar-refractivity contribution in [3.05, 3.63) is 60.8 Å². The zero-order valence-corrected chi connectivity index (χ0v) is 19.2. The summed E-state index contributed by atoms with van der Waals surface area (Å²) in [6, 6.07) is 8.42. The fraction of sp³-hybridized carbons (Fsp3) is 0.280. The van der Waals surface area contributed by atoms with Crippen LogP contribution in [0.15, 0.2) is 55.2 Å². The standard InChI is InChI=1S/C25H26N8O/c1-31-7-5-20(6-8-31)33-15-19(12-28-33)29-25(34)17-10-21-22(13-27-24(21)26-11-17)16-3-4-23-18(9-16)14-32(2)30-23/h3-4,9-15,20H,5-8H2,1-2H3,(H,26,27)(H,29,34). The minimum absolute atomic E-state index is 0.202. The average molecular weight is 455 g/mol. The second-order valence-corrected chi connectivity index (χ2v) is 9.10. The number of likely N-dealkylation sites (tertiary alicyclic amines) is 1. The number of benzene rings is 1. The summed E-state index contributed by atoms with van der Waals surface area (Å²) in [5.41, 5.74) is 4.93. The fourth-order valence-electron chi connectivity index (χ4n) is 4.75. The van der Waals surface area contributed by atoms with Crippen LogP contribution in [-0.2, 0) is 7.05 Å². The van der Waals surface area contributed by atoms with E-state index >= 15 is 0 Å². The smallest absolute Gasteiger partial charge is 0.257 e. The number of aromatic nitrogens is 6. The van der Waals surface area contributed by atoms with Crippen molar-refractivity contribution >= 4 is 33.5 Å². The maximum absolute atomic E-state index is 13.0. The molecule has 5 aromatic rings. The van der Waals surface area contributed by atoms with Crippen molar-refractivity contribution < 1.29 is 4.79 Å². The largest absolute Gasteiger partial charge is 0.346 e. The van der Waals surface area contributed by atoms with Crippen molar-refractivity contribution in [1.82, 2.24) is 34.4 Å². The van der Waals surface area contributed by atoms with E-state index in [2.05, 4.69) is 43.5 Å². The average Bonchev–Trinajstić information content (AvgIpc) is 3.56. The first-order valence-corrected chi connectivity index (χ1v) is 11.5. The Morgan fingerprint density at radius 2 is 1.97 bits per heavy atom. The number of nitrogens with one attached hydrogen (secondary N) is 2. The number of anilines is 1. The van der Waals surface area contributed by atoms with E-state index in [-0.39, 0.29) is 5.91 Å². The summed E-state index contributed by atoms with van der Waals surface area (Å²) < 4.78 is 3.78. The molecule has 0 aliphatic carbocycles. The molecule has 1 saturated heterocycles. The molecule has 0 bridgehead atoms. The first-order chi connectivity index (χ1) is 16.5. The van der Waals surface area contributed by atoms with Crippen molar-refractivity contribution in [2.45, 2.75) is 18.9 Å². The number of hydrogen-bond donors (Lipinski definition) is 2. The van der Waals surface area contributed by atoms with Crippen LogP contribution < -0.4 is 5.32 Å². The summed E-state index contributed by atoms with van der Waals surface area (Å²) in [6.07, 6.45) is 11.3. The van der Waals surface area contributed by atoms with E-state index in [1.54, 1.807) is 12.4 Å². The molecule has 0 unspecified atom stereocenters. The molecule has 0 radical (unpaired) electrons.